The highest BCUT2D eigenvalue weighted by molar-refractivity contribution is 9.10. The smallest absolute Gasteiger partial charge is 0.337 e. The highest BCUT2D eigenvalue weighted by atomic mass is 79.9. The molecule has 1 aromatic rings. The summed E-state index contributed by atoms with van der Waals surface area (Å²) >= 11 is 3.30. The van der Waals surface area contributed by atoms with Crippen molar-refractivity contribution >= 4 is 21.9 Å². The first kappa shape index (κ1) is 12.3. The number of rotatable bonds is 1. The highest BCUT2D eigenvalue weighted by Gasteiger charge is 2.06. The minimum Gasteiger partial charge on any atom is -0.465 e. The molecule has 0 N–H and O–H groups in total. The molecule has 0 aromatic heterocycles. The molecule has 0 saturated heterocycles. The summed E-state index contributed by atoms with van der Waals surface area (Å²) in [5.41, 5.74) is 1.20. The predicted octanol–water partition coefficient (Wildman–Crippen LogP) is 2.50. The van der Waals surface area contributed by atoms with Crippen LogP contribution in [0.15, 0.2) is 22.7 Å². The van der Waals surface area contributed by atoms with Gasteiger partial charge in [0.15, 0.2) is 0 Å². The van der Waals surface area contributed by atoms with Crippen LogP contribution >= 0.6 is 15.9 Å². The molecule has 4 heteroatoms. The van der Waals surface area contributed by atoms with Crippen LogP contribution in [-0.2, 0) is 4.74 Å². The Morgan fingerprint density at radius 1 is 1.56 bits per heavy atom. The second kappa shape index (κ2) is 5.95. The van der Waals surface area contributed by atoms with Crippen molar-refractivity contribution in [1.82, 2.24) is 0 Å². The van der Waals surface area contributed by atoms with E-state index in [4.69, 9.17) is 5.26 Å². The molecular formula is C12H8BrNO2. The summed E-state index contributed by atoms with van der Waals surface area (Å²) < 4.78 is 5.30. The van der Waals surface area contributed by atoms with Crippen LogP contribution in [0.5, 0.6) is 0 Å². The second-order valence-corrected chi connectivity index (χ2v) is 3.68. The van der Waals surface area contributed by atoms with Crippen molar-refractivity contribution in [3.8, 4) is 17.9 Å². The van der Waals surface area contributed by atoms with Crippen LogP contribution < -0.4 is 0 Å². The largest absolute Gasteiger partial charge is 0.465 e. The van der Waals surface area contributed by atoms with E-state index in [2.05, 4.69) is 32.5 Å². The van der Waals surface area contributed by atoms with E-state index in [1.807, 2.05) is 6.07 Å². The average Bonchev–Trinajstić information content (AvgIpc) is 2.30. The Morgan fingerprint density at radius 3 is 2.88 bits per heavy atom. The molecular weight excluding hydrogens is 270 g/mol. The quantitative estimate of drug-likeness (QED) is 0.585. The number of hydrogen-bond donors (Lipinski definition) is 0. The molecule has 0 heterocycles. The molecule has 0 bridgehead atoms. The van der Waals surface area contributed by atoms with Gasteiger partial charge in [0.25, 0.3) is 0 Å². The molecule has 1 rings (SSSR count). The van der Waals surface area contributed by atoms with Gasteiger partial charge in [-0.15, -0.1) is 0 Å². The fourth-order valence-corrected chi connectivity index (χ4v) is 1.52. The van der Waals surface area contributed by atoms with Crippen LogP contribution in [0.3, 0.4) is 0 Å². The van der Waals surface area contributed by atoms with E-state index in [1.165, 1.54) is 7.11 Å². The van der Waals surface area contributed by atoms with Crippen LogP contribution in [0.4, 0.5) is 0 Å². The lowest BCUT2D eigenvalue weighted by molar-refractivity contribution is 0.0600. The van der Waals surface area contributed by atoms with Gasteiger partial charge in [-0.25, -0.2) is 4.79 Å². The summed E-state index contributed by atoms with van der Waals surface area (Å²) in [6.07, 6.45) is 0.186. The van der Waals surface area contributed by atoms with Crippen LogP contribution in [0.25, 0.3) is 0 Å². The van der Waals surface area contributed by atoms with E-state index in [-0.39, 0.29) is 6.42 Å². The normalized spacial score (nSPS) is 8.56. The third-order valence-electron chi connectivity index (χ3n) is 1.78. The summed E-state index contributed by atoms with van der Waals surface area (Å²) in [4.78, 5) is 11.2. The number of esters is 1. The number of hydrogen-bond acceptors (Lipinski definition) is 3. The predicted molar refractivity (Wildman–Crippen MR) is 62.6 cm³/mol. The molecule has 0 saturated carbocycles. The van der Waals surface area contributed by atoms with Crippen molar-refractivity contribution in [2.75, 3.05) is 7.11 Å². The lowest BCUT2D eigenvalue weighted by Gasteiger charge is -2.01. The first-order valence-electron chi connectivity index (χ1n) is 4.42. The van der Waals surface area contributed by atoms with E-state index in [1.54, 1.807) is 18.2 Å². The molecule has 0 radical (unpaired) electrons. The number of nitrogens with zero attached hydrogens (tertiary/aromatic N) is 1. The number of benzene rings is 1. The molecule has 0 atom stereocenters. The van der Waals surface area contributed by atoms with Crippen molar-refractivity contribution in [3.63, 3.8) is 0 Å². The van der Waals surface area contributed by atoms with Crippen LogP contribution in [0, 0.1) is 23.2 Å². The van der Waals surface area contributed by atoms with Gasteiger partial charge in [0.1, 0.15) is 0 Å². The maximum atomic E-state index is 11.2. The van der Waals surface area contributed by atoms with Gasteiger partial charge in [-0.1, -0.05) is 11.8 Å². The minimum atomic E-state index is -0.391. The fourth-order valence-electron chi connectivity index (χ4n) is 1.04. The maximum Gasteiger partial charge on any atom is 0.337 e. The number of ether oxygens (including phenoxy) is 1. The maximum absolute atomic E-state index is 11.2. The van der Waals surface area contributed by atoms with Crippen molar-refractivity contribution < 1.29 is 9.53 Å². The Kier molecular flexibility index (Phi) is 4.57. The average molecular weight is 278 g/mol. The highest BCUT2D eigenvalue weighted by Crippen LogP contribution is 2.18. The molecule has 0 amide bonds. The molecule has 1 aromatic carbocycles. The lowest BCUT2D eigenvalue weighted by Crippen LogP contribution is -2.01. The van der Waals surface area contributed by atoms with E-state index in [0.29, 0.717) is 10.0 Å². The third-order valence-corrected chi connectivity index (χ3v) is 2.44. The zero-order valence-electron chi connectivity index (χ0n) is 8.58. The third kappa shape index (κ3) is 3.12. The van der Waals surface area contributed by atoms with Crippen LogP contribution in [-0.4, -0.2) is 13.1 Å². The zero-order valence-corrected chi connectivity index (χ0v) is 10.2. The first-order valence-corrected chi connectivity index (χ1v) is 5.22. The van der Waals surface area contributed by atoms with Crippen LogP contribution in [0.2, 0.25) is 0 Å². The second-order valence-electron chi connectivity index (χ2n) is 2.82. The fraction of sp³-hybridized carbons (Fsp3) is 0.167. The molecule has 0 fully saturated rings. The van der Waals surface area contributed by atoms with Gasteiger partial charge >= 0.3 is 5.97 Å². The number of carbonyl (C=O) groups is 1. The van der Waals surface area contributed by atoms with E-state index < -0.39 is 5.97 Å². The van der Waals surface area contributed by atoms with Crippen molar-refractivity contribution in [2.45, 2.75) is 6.42 Å². The Labute approximate surface area is 102 Å². The van der Waals surface area contributed by atoms with Crippen LogP contribution in [0.1, 0.15) is 22.3 Å². The van der Waals surface area contributed by atoms with E-state index >= 15 is 0 Å². The van der Waals surface area contributed by atoms with Gasteiger partial charge in [0, 0.05) is 10.0 Å². The number of methoxy groups -OCH3 is 1. The van der Waals surface area contributed by atoms with E-state index in [9.17, 15) is 4.79 Å². The Morgan fingerprint density at radius 2 is 2.31 bits per heavy atom. The molecule has 80 valence electrons. The van der Waals surface area contributed by atoms with Crippen molar-refractivity contribution in [3.05, 3.63) is 33.8 Å². The Hall–Kier alpha value is -1.78. The number of halogens is 1. The summed E-state index contributed by atoms with van der Waals surface area (Å²) in [6, 6.07) is 6.92. The van der Waals surface area contributed by atoms with Crippen molar-refractivity contribution in [1.29, 1.82) is 5.26 Å². The van der Waals surface area contributed by atoms with Gasteiger partial charge in [0.05, 0.1) is 25.2 Å². The van der Waals surface area contributed by atoms with Gasteiger partial charge in [-0.2, -0.15) is 5.26 Å². The standard InChI is InChI=1S/C12H8BrNO2/c1-16-12(15)10-6-5-9(11(13)8-10)4-2-3-7-14/h5-6,8H,3H2,1H3. The molecule has 0 spiro atoms. The number of carbonyl (C=O) groups excluding carboxylic acids is 1. The zero-order chi connectivity index (χ0) is 12.0. The monoisotopic (exact) mass is 277 g/mol. The number of nitriles is 1. The molecule has 0 aliphatic rings. The van der Waals surface area contributed by atoms with Gasteiger partial charge in [0.2, 0.25) is 0 Å². The molecule has 0 unspecified atom stereocenters. The van der Waals surface area contributed by atoms with Gasteiger partial charge < -0.3 is 4.74 Å². The summed E-state index contributed by atoms with van der Waals surface area (Å²) in [6.45, 7) is 0. The summed E-state index contributed by atoms with van der Waals surface area (Å²) in [5.74, 6) is 5.13. The molecule has 0 aliphatic carbocycles. The Balaban J connectivity index is 2.98. The van der Waals surface area contributed by atoms with Gasteiger partial charge in [-0.05, 0) is 34.1 Å². The Bertz CT molecular complexity index is 506. The van der Waals surface area contributed by atoms with E-state index in [0.717, 1.165) is 5.56 Å². The van der Waals surface area contributed by atoms with Gasteiger partial charge in [-0.3, -0.25) is 0 Å². The first-order chi connectivity index (χ1) is 7.69. The topological polar surface area (TPSA) is 50.1 Å². The summed E-state index contributed by atoms with van der Waals surface area (Å²) in [5, 5.41) is 8.34. The SMILES string of the molecule is COC(=O)c1ccc(C#CCC#N)c(Br)c1. The summed E-state index contributed by atoms with van der Waals surface area (Å²) in [7, 11) is 1.33. The minimum absolute atomic E-state index is 0.186. The molecule has 0 aliphatic heterocycles. The molecule has 16 heavy (non-hydrogen) atoms. The molecule has 3 nitrogen and oxygen atoms in total. The van der Waals surface area contributed by atoms with Crippen molar-refractivity contribution in [2.24, 2.45) is 0 Å². The lowest BCUT2D eigenvalue weighted by atomic mass is 10.1.